The minimum Gasteiger partial charge on any atom is -0.338 e. The molecule has 0 aliphatic rings. The standard InChI is InChI=1S/C16H16Cl2N2O/c17-14-9-8-13(11-15(14)18)20-16(21)19-10-4-7-12-5-2-1-3-6-12/h1-3,5-6,8-9,11H,4,7,10H2,(H2,19,20,21). The van der Waals surface area contributed by atoms with E-state index in [9.17, 15) is 4.79 Å². The smallest absolute Gasteiger partial charge is 0.319 e. The van der Waals surface area contributed by atoms with Gasteiger partial charge in [-0.2, -0.15) is 0 Å². The second-order valence-electron chi connectivity index (χ2n) is 4.60. The lowest BCUT2D eigenvalue weighted by molar-refractivity contribution is 0.252. The highest BCUT2D eigenvalue weighted by atomic mass is 35.5. The minimum absolute atomic E-state index is 0.249. The van der Waals surface area contributed by atoms with E-state index >= 15 is 0 Å². The van der Waals surface area contributed by atoms with Crippen LogP contribution < -0.4 is 10.6 Å². The van der Waals surface area contributed by atoms with E-state index < -0.39 is 0 Å². The number of urea groups is 1. The van der Waals surface area contributed by atoms with E-state index in [4.69, 9.17) is 23.2 Å². The quantitative estimate of drug-likeness (QED) is 0.766. The van der Waals surface area contributed by atoms with Gasteiger partial charge in [-0.15, -0.1) is 0 Å². The number of aryl methyl sites for hydroxylation is 1. The van der Waals surface area contributed by atoms with Crippen molar-refractivity contribution in [2.45, 2.75) is 12.8 Å². The summed E-state index contributed by atoms with van der Waals surface area (Å²) in [4.78, 5) is 11.7. The Kier molecular flexibility index (Phi) is 5.90. The van der Waals surface area contributed by atoms with Crippen molar-refractivity contribution in [3.8, 4) is 0 Å². The van der Waals surface area contributed by atoms with Crippen molar-refractivity contribution in [2.75, 3.05) is 11.9 Å². The molecule has 0 saturated heterocycles. The summed E-state index contributed by atoms with van der Waals surface area (Å²) in [5.41, 5.74) is 1.88. The summed E-state index contributed by atoms with van der Waals surface area (Å²) in [6.45, 7) is 0.613. The maximum Gasteiger partial charge on any atom is 0.319 e. The van der Waals surface area contributed by atoms with E-state index in [0.29, 0.717) is 22.3 Å². The van der Waals surface area contributed by atoms with E-state index in [2.05, 4.69) is 22.8 Å². The number of nitrogens with one attached hydrogen (secondary N) is 2. The number of carbonyl (C=O) groups excluding carboxylic acids is 1. The number of amides is 2. The Bertz CT molecular complexity index is 602. The number of hydrogen-bond donors (Lipinski definition) is 2. The summed E-state index contributed by atoms with van der Waals surface area (Å²) < 4.78 is 0. The molecule has 0 heterocycles. The van der Waals surface area contributed by atoms with Crippen LogP contribution in [0.4, 0.5) is 10.5 Å². The maximum absolute atomic E-state index is 11.7. The molecule has 0 bridgehead atoms. The molecule has 2 N–H and O–H groups in total. The van der Waals surface area contributed by atoms with Gasteiger partial charge in [0.2, 0.25) is 0 Å². The number of hydrogen-bond acceptors (Lipinski definition) is 1. The Hall–Kier alpha value is -1.71. The molecule has 0 fully saturated rings. The van der Waals surface area contributed by atoms with Crippen LogP contribution >= 0.6 is 23.2 Å². The van der Waals surface area contributed by atoms with Crippen molar-refractivity contribution in [1.82, 2.24) is 5.32 Å². The van der Waals surface area contributed by atoms with Gasteiger partial charge in [0.05, 0.1) is 10.0 Å². The summed E-state index contributed by atoms with van der Waals surface area (Å²) in [5.74, 6) is 0. The van der Waals surface area contributed by atoms with Crippen LogP contribution in [0.3, 0.4) is 0 Å². The van der Waals surface area contributed by atoms with Crippen LogP contribution in [0.1, 0.15) is 12.0 Å². The summed E-state index contributed by atoms with van der Waals surface area (Å²) in [6, 6.07) is 14.9. The lowest BCUT2D eigenvalue weighted by Crippen LogP contribution is -2.29. The molecule has 0 saturated carbocycles. The molecule has 3 nitrogen and oxygen atoms in total. The topological polar surface area (TPSA) is 41.1 Å². The molecular formula is C16H16Cl2N2O. The molecule has 5 heteroatoms. The zero-order valence-electron chi connectivity index (χ0n) is 11.4. The first-order valence-electron chi connectivity index (χ1n) is 6.69. The van der Waals surface area contributed by atoms with E-state index in [-0.39, 0.29) is 6.03 Å². The Morgan fingerprint density at radius 1 is 1.00 bits per heavy atom. The van der Waals surface area contributed by atoms with Gasteiger partial charge < -0.3 is 10.6 Å². The first kappa shape index (κ1) is 15.7. The molecular weight excluding hydrogens is 307 g/mol. The fraction of sp³-hybridized carbons (Fsp3) is 0.188. The Morgan fingerprint density at radius 3 is 2.48 bits per heavy atom. The van der Waals surface area contributed by atoms with Gasteiger partial charge in [0.1, 0.15) is 0 Å². The third-order valence-electron chi connectivity index (χ3n) is 2.95. The lowest BCUT2D eigenvalue weighted by Gasteiger charge is -2.08. The van der Waals surface area contributed by atoms with Crippen molar-refractivity contribution in [1.29, 1.82) is 0 Å². The average molecular weight is 323 g/mol. The van der Waals surface area contributed by atoms with E-state index in [1.807, 2.05) is 18.2 Å². The molecule has 0 unspecified atom stereocenters. The molecule has 2 aromatic carbocycles. The van der Waals surface area contributed by atoms with Gasteiger partial charge in [0.25, 0.3) is 0 Å². The molecule has 0 aliphatic heterocycles. The molecule has 2 aromatic rings. The van der Waals surface area contributed by atoms with Crippen LogP contribution in [0.15, 0.2) is 48.5 Å². The molecule has 0 radical (unpaired) electrons. The van der Waals surface area contributed by atoms with Crippen LogP contribution in [0.25, 0.3) is 0 Å². The first-order chi connectivity index (χ1) is 10.1. The molecule has 0 aromatic heterocycles. The van der Waals surface area contributed by atoms with Crippen LogP contribution in [-0.2, 0) is 6.42 Å². The fourth-order valence-electron chi connectivity index (χ4n) is 1.89. The van der Waals surface area contributed by atoms with Crippen molar-refractivity contribution < 1.29 is 4.79 Å². The molecule has 21 heavy (non-hydrogen) atoms. The number of benzene rings is 2. The first-order valence-corrected chi connectivity index (χ1v) is 7.44. The Labute approximate surface area is 134 Å². The molecule has 0 spiro atoms. The number of rotatable bonds is 5. The third kappa shape index (κ3) is 5.29. The zero-order chi connectivity index (χ0) is 15.1. The van der Waals surface area contributed by atoms with Crippen LogP contribution in [0.2, 0.25) is 10.0 Å². The van der Waals surface area contributed by atoms with Crippen molar-refractivity contribution in [2.24, 2.45) is 0 Å². The number of anilines is 1. The van der Waals surface area contributed by atoms with E-state index in [1.165, 1.54) is 5.56 Å². The zero-order valence-corrected chi connectivity index (χ0v) is 12.9. The number of halogens is 2. The summed E-state index contributed by atoms with van der Waals surface area (Å²) >= 11 is 11.7. The van der Waals surface area contributed by atoms with Crippen molar-refractivity contribution in [3.05, 3.63) is 64.1 Å². The van der Waals surface area contributed by atoms with Gasteiger partial charge in [-0.05, 0) is 36.6 Å². The predicted molar refractivity (Wildman–Crippen MR) is 88.2 cm³/mol. The molecule has 110 valence electrons. The van der Waals surface area contributed by atoms with Gasteiger partial charge in [-0.1, -0.05) is 53.5 Å². The Balaban J connectivity index is 1.71. The van der Waals surface area contributed by atoms with Gasteiger partial charge in [-0.25, -0.2) is 4.79 Å². The maximum atomic E-state index is 11.7. The average Bonchev–Trinajstić information content (AvgIpc) is 2.49. The summed E-state index contributed by atoms with van der Waals surface area (Å²) in [7, 11) is 0. The van der Waals surface area contributed by atoms with E-state index in [1.54, 1.807) is 18.2 Å². The highest BCUT2D eigenvalue weighted by Gasteiger charge is 2.03. The second-order valence-corrected chi connectivity index (χ2v) is 5.41. The van der Waals surface area contributed by atoms with Gasteiger partial charge >= 0.3 is 6.03 Å². The van der Waals surface area contributed by atoms with Gasteiger partial charge in [0, 0.05) is 12.2 Å². The highest BCUT2D eigenvalue weighted by Crippen LogP contribution is 2.24. The third-order valence-corrected chi connectivity index (χ3v) is 3.69. The molecule has 2 rings (SSSR count). The van der Waals surface area contributed by atoms with Crippen LogP contribution in [-0.4, -0.2) is 12.6 Å². The lowest BCUT2D eigenvalue weighted by atomic mass is 10.1. The van der Waals surface area contributed by atoms with Gasteiger partial charge in [0.15, 0.2) is 0 Å². The Morgan fingerprint density at radius 2 is 1.76 bits per heavy atom. The van der Waals surface area contributed by atoms with E-state index in [0.717, 1.165) is 12.8 Å². The van der Waals surface area contributed by atoms with Gasteiger partial charge in [-0.3, -0.25) is 0 Å². The summed E-state index contributed by atoms with van der Waals surface area (Å²) in [5, 5.41) is 6.40. The predicted octanol–water partition coefficient (Wildman–Crippen LogP) is 4.75. The highest BCUT2D eigenvalue weighted by molar-refractivity contribution is 6.42. The van der Waals surface area contributed by atoms with Crippen LogP contribution in [0.5, 0.6) is 0 Å². The normalized spacial score (nSPS) is 10.2. The molecule has 2 amide bonds. The SMILES string of the molecule is O=C(NCCCc1ccccc1)Nc1ccc(Cl)c(Cl)c1. The molecule has 0 atom stereocenters. The second kappa shape index (κ2) is 7.91. The largest absolute Gasteiger partial charge is 0.338 e. The van der Waals surface area contributed by atoms with Crippen molar-refractivity contribution >= 4 is 34.9 Å². The number of carbonyl (C=O) groups is 1. The monoisotopic (exact) mass is 322 g/mol. The fourth-order valence-corrected chi connectivity index (χ4v) is 2.19. The van der Waals surface area contributed by atoms with Crippen molar-refractivity contribution in [3.63, 3.8) is 0 Å². The summed E-state index contributed by atoms with van der Waals surface area (Å²) in [6.07, 6.45) is 1.83. The molecule has 0 aliphatic carbocycles. The van der Waals surface area contributed by atoms with Crippen LogP contribution in [0, 0.1) is 0 Å². The minimum atomic E-state index is -0.249.